The van der Waals surface area contributed by atoms with Gasteiger partial charge in [-0.25, -0.2) is 0 Å². The van der Waals surface area contributed by atoms with E-state index in [1.807, 2.05) is 0 Å². The van der Waals surface area contributed by atoms with E-state index in [0.717, 1.165) is 25.1 Å². The first-order valence-electron chi connectivity index (χ1n) is 8.39. The minimum Gasteiger partial charge on any atom is -0.398 e. The Morgan fingerprint density at radius 2 is 2.18 bits per heavy atom. The first-order valence-corrected chi connectivity index (χ1v) is 9.33. The van der Waals surface area contributed by atoms with Gasteiger partial charge in [0.25, 0.3) is 0 Å². The number of fused-ring (bicyclic) bond motifs is 1. The molecular formula is C19H26N2S. The maximum absolute atomic E-state index is 6.21. The molecule has 0 aliphatic heterocycles. The van der Waals surface area contributed by atoms with E-state index in [0.29, 0.717) is 6.04 Å². The number of hydrogen-bond donors (Lipinski definition) is 1. The first-order chi connectivity index (χ1) is 10.8. The standard InChI is InChI=1S/C19H26N2S/c1-2-10-21(11-8-15-9-12-22-14-15)17-7-6-16-4-3-5-19(20)18(16)13-17/h3-5,9,12,14,17H,2,6-8,10-11,13,20H2,1H3. The van der Waals surface area contributed by atoms with Crippen LogP contribution in [0.4, 0.5) is 5.69 Å². The van der Waals surface area contributed by atoms with Crippen LogP contribution in [0.15, 0.2) is 35.0 Å². The third-order valence-corrected chi connectivity index (χ3v) is 5.52. The topological polar surface area (TPSA) is 29.3 Å². The Morgan fingerprint density at radius 3 is 2.95 bits per heavy atom. The first kappa shape index (κ1) is 15.6. The molecule has 0 radical (unpaired) electrons. The highest BCUT2D eigenvalue weighted by Crippen LogP contribution is 2.29. The summed E-state index contributed by atoms with van der Waals surface area (Å²) in [5.74, 6) is 0. The van der Waals surface area contributed by atoms with E-state index < -0.39 is 0 Å². The van der Waals surface area contributed by atoms with Crippen LogP contribution in [0.1, 0.15) is 36.5 Å². The van der Waals surface area contributed by atoms with Gasteiger partial charge in [-0.15, -0.1) is 0 Å². The molecule has 1 atom stereocenters. The summed E-state index contributed by atoms with van der Waals surface area (Å²) < 4.78 is 0. The highest BCUT2D eigenvalue weighted by Gasteiger charge is 2.24. The molecule has 3 rings (SSSR count). The van der Waals surface area contributed by atoms with Gasteiger partial charge in [-0.1, -0.05) is 19.1 Å². The fourth-order valence-corrected chi connectivity index (χ4v) is 4.28. The Labute approximate surface area is 138 Å². The second-order valence-electron chi connectivity index (χ2n) is 6.30. The largest absolute Gasteiger partial charge is 0.398 e. The summed E-state index contributed by atoms with van der Waals surface area (Å²) in [4.78, 5) is 2.69. The third kappa shape index (κ3) is 3.53. The van der Waals surface area contributed by atoms with Crippen molar-refractivity contribution in [1.29, 1.82) is 0 Å². The second kappa shape index (κ2) is 7.30. The zero-order valence-corrected chi connectivity index (χ0v) is 14.2. The molecule has 0 bridgehead atoms. The van der Waals surface area contributed by atoms with Crippen molar-refractivity contribution in [1.82, 2.24) is 4.90 Å². The number of thiophene rings is 1. The predicted molar refractivity (Wildman–Crippen MR) is 96.6 cm³/mol. The fourth-order valence-electron chi connectivity index (χ4n) is 3.58. The summed E-state index contributed by atoms with van der Waals surface area (Å²) in [5, 5.41) is 4.45. The van der Waals surface area contributed by atoms with E-state index in [1.54, 1.807) is 11.3 Å². The molecule has 0 saturated carbocycles. The quantitative estimate of drug-likeness (QED) is 0.812. The Bertz CT molecular complexity index is 591. The molecule has 0 fully saturated rings. The van der Waals surface area contributed by atoms with Gasteiger partial charge in [0.1, 0.15) is 0 Å². The van der Waals surface area contributed by atoms with Crippen LogP contribution in [0.25, 0.3) is 0 Å². The van der Waals surface area contributed by atoms with Gasteiger partial charge in [0.15, 0.2) is 0 Å². The second-order valence-corrected chi connectivity index (χ2v) is 7.08. The normalized spacial score (nSPS) is 17.6. The lowest BCUT2D eigenvalue weighted by Gasteiger charge is -2.35. The minimum absolute atomic E-state index is 0.649. The van der Waals surface area contributed by atoms with Gasteiger partial charge in [0.05, 0.1) is 0 Å². The van der Waals surface area contributed by atoms with Gasteiger partial charge in [0, 0.05) is 18.3 Å². The molecule has 1 unspecified atom stereocenters. The maximum Gasteiger partial charge on any atom is 0.0349 e. The van der Waals surface area contributed by atoms with Gasteiger partial charge in [-0.2, -0.15) is 11.3 Å². The van der Waals surface area contributed by atoms with Gasteiger partial charge in [-0.3, -0.25) is 4.90 Å². The van der Waals surface area contributed by atoms with Crippen molar-refractivity contribution in [2.45, 2.75) is 45.1 Å². The van der Waals surface area contributed by atoms with Gasteiger partial charge >= 0.3 is 0 Å². The zero-order chi connectivity index (χ0) is 15.4. The lowest BCUT2D eigenvalue weighted by molar-refractivity contribution is 0.182. The van der Waals surface area contributed by atoms with Crippen molar-refractivity contribution in [2.24, 2.45) is 0 Å². The van der Waals surface area contributed by atoms with Crippen LogP contribution in [0.3, 0.4) is 0 Å². The van der Waals surface area contributed by atoms with E-state index in [-0.39, 0.29) is 0 Å². The van der Waals surface area contributed by atoms with Crippen molar-refractivity contribution >= 4 is 17.0 Å². The van der Waals surface area contributed by atoms with Crippen molar-refractivity contribution in [3.05, 3.63) is 51.7 Å². The molecule has 2 aromatic rings. The molecule has 0 spiro atoms. The number of anilines is 1. The Balaban J connectivity index is 1.68. The molecule has 2 N–H and O–H groups in total. The Kier molecular flexibility index (Phi) is 5.16. The molecule has 1 aliphatic rings. The predicted octanol–water partition coefficient (Wildman–Crippen LogP) is 4.14. The average Bonchev–Trinajstić information content (AvgIpc) is 3.05. The van der Waals surface area contributed by atoms with Crippen LogP contribution in [0.2, 0.25) is 0 Å². The summed E-state index contributed by atoms with van der Waals surface area (Å²) in [7, 11) is 0. The van der Waals surface area contributed by atoms with Crippen LogP contribution in [-0.2, 0) is 19.3 Å². The lowest BCUT2D eigenvalue weighted by atomic mass is 9.86. The Hall–Kier alpha value is -1.32. The molecule has 118 valence electrons. The lowest BCUT2D eigenvalue weighted by Crippen LogP contribution is -2.41. The van der Waals surface area contributed by atoms with Crippen LogP contribution in [0.5, 0.6) is 0 Å². The maximum atomic E-state index is 6.21. The highest BCUT2D eigenvalue weighted by atomic mass is 32.1. The molecule has 0 saturated heterocycles. The van der Waals surface area contributed by atoms with Gasteiger partial charge in [-0.05, 0) is 78.2 Å². The summed E-state index contributed by atoms with van der Waals surface area (Å²) >= 11 is 1.80. The summed E-state index contributed by atoms with van der Waals surface area (Å²) in [6, 6.07) is 9.29. The number of aryl methyl sites for hydroxylation is 1. The SMILES string of the molecule is CCCN(CCc1ccsc1)C1CCc2cccc(N)c2C1. The number of rotatable bonds is 6. The Morgan fingerprint density at radius 1 is 1.27 bits per heavy atom. The third-order valence-electron chi connectivity index (χ3n) is 4.79. The zero-order valence-electron chi connectivity index (χ0n) is 13.4. The van der Waals surface area contributed by atoms with Crippen LogP contribution >= 0.6 is 11.3 Å². The number of benzene rings is 1. The van der Waals surface area contributed by atoms with Crippen LogP contribution in [-0.4, -0.2) is 24.0 Å². The monoisotopic (exact) mass is 314 g/mol. The molecule has 1 aliphatic carbocycles. The smallest absolute Gasteiger partial charge is 0.0349 e. The van der Waals surface area contributed by atoms with Crippen molar-refractivity contribution in [2.75, 3.05) is 18.8 Å². The molecule has 2 nitrogen and oxygen atoms in total. The number of hydrogen-bond acceptors (Lipinski definition) is 3. The molecule has 0 amide bonds. The molecular weight excluding hydrogens is 288 g/mol. The average molecular weight is 314 g/mol. The summed E-state index contributed by atoms with van der Waals surface area (Å²) in [5.41, 5.74) is 11.5. The molecule has 1 aromatic carbocycles. The number of nitrogens with two attached hydrogens (primary N) is 1. The molecule has 1 aromatic heterocycles. The summed E-state index contributed by atoms with van der Waals surface area (Å²) in [6.45, 7) is 4.64. The highest BCUT2D eigenvalue weighted by molar-refractivity contribution is 7.07. The van der Waals surface area contributed by atoms with E-state index >= 15 is 0 Å². The van der Waals surface area contributed by atoms with Crippen molar-refractivity contribution in [3.8, 4) is 0 Å². The molecule has 3 heteroatoms. The summed E-state index contributed by atoms with van der Waals surface area (Å²) in [6.07, 6.45) is 5.93. The van der Waals surface area contributed by atoms with Gasteiger partial charge < -0.3 is 5.73 Å². The van der Waals surface area contributed by atoms with Crippen molar-refractivity contribution < 1.29 is 0 Å². The van der Waals surface area contributed by atoms with E-state index in [2.05, 4.69) is 46.8 Å². The van der Waals surface area contributed by atoms with Crippen LogP contribution < -0.4 is 5.73 Å². The van der Waals surface area contributed by atoms with E-state index in [1.165, 1.54) is 42.5 Å². The molecule has 1 heterocycles. The van der Waals surface area contributed by atoms with Gasteiger partial charge in [0.2, 0.25) is 0 Å². The van der Waals surface area contributed by atoms with Crippen molar-refractivity contribution in [3.63, 3.8) is 0 Å². The van der Waals surface area contributed by atoms with E-state index in [9.17, 15) is 0 Å². The van der Waals surface area contributed by atoms with E-state index in [4.69, 9.17) is 5.73 Å². The fraction of sp³-hybridized carbons (Fsp3) is 0.474. The molecule has 22 heavy (non-hydrogen) atoms. The number of nitrogen functional groups attached to an aromatic ring is 1. The number of nitrogens with zero attached hydrogens (tertiary/aromatic N) is 1. The van der Waals surface area contributed by atoms with Crippen LogP contribution in [0, 0.1) is 0 Å². The minimum atomic E-state index is 0.649.